The van der Waals surface area contributed by atoms with Gasteiger partial charge in [-0.2, -0.15) is 0 Å². The van der Waals surface area contributed by atoms with E-state index >= 15 is 0 Å². The normalized spacial score (nSPS) is 14.0. The minimum Gasteiger partial charge on any atom is -0.480 e. The molecule has 0 fully saturated rings. The van der Waals surface area contributed by atoms with E-state index in [1.807, 2.05) is 18.4 Å². The van der Waals surface area contributed by atoms with Gasteiger partial charge in [0.1, 0.15) is 6.04 Å². The van der Waals surface area contributed by atoms with E-state index in [0.717, 1.165) is 25.1 Å². The summed E-state index contributed by atoms with van der Waals surface area (Å²) >= 11 is 0. The zero-order valence-corrected chi connectivity index (χ0v) is 15.7. The molecule has 1 unspecified atom stereocenters. The van der Waals surface area contributed by atoms with Crippen molar-refractivity contribution in [2.75, 3.05) is 0 Å². The molecule has 0 aliphatic rings. The Labute approximate surface area is 150 Å². The van der Waals surface area contributed by atoms with Crippen LogP contribution < -0.4 is 11.1 Å². The lowest BCUT2D eigenvalue weighted by molar-refractivity contribution is -0.140. The molecule has 1 amide bonds. The van der Waals surface area contributed by atoms with Gasteiger partial charge in [0, 0.05) is 24.9 Å². The fourth-order valence-corrected chi connectivity index (χ4v) is 2.91. The second kappa shape index (κ2) is 10.2. The van der Waals surface area contributed by atoms with E-state index in [1.165, 1.54) is 0 Å². The van der Waals surface area contributed by atoms with Crippen molar-refractivity contribution >= 4 is 11.9 Å². The van der Waals surface area contributed by atoms with Gasteiger partial charge in [0.25, 0.3) is 0 Å². The predicted octanol–water partition coefficient (Wildman–Crippen LogP) is 1.80. The molecule has 0 aliphatic carbocycles. The van der Waals surface area contributed by atoms with Crippen molar-refractivity contribution < 1.29 is 14.7 Å². The van der Waals surface area contributed by atoms with E-state index in [9.17, 15) is 14.7 Å². The molecule has 7 heteroatoms. The molecule has 1 aromatic rings. The van der Waals surface area contributed by atoms with E-state index in [0.29, 0.717) is 12.3 Å². The highest BCUT2D eigenvalue weighted by molar-refractivity contribution is 5.81. The number of primary amides is 1. The Hall–Kier alpha value is -1.89. The number of carboxylic acid groups (broad SMARTS) is 1. The van der Waals surface area contributed by atoms with E-state index in [2.05, 4.69) is 24.1 Å². The molecule has 1 aromatic heterocycles. The number of aliphatic carboxylic acids is 1. The van der Waals surface area contributed by atoms with E-state index in [1.54, 1.807) is 12.5 Å². The number of imidazole rings is 1. The number of aromatic nitrogens is 2. The molecule has 0 aliphatic heterocycles. The number of hydrogen-bond donors (Lipinski definition) is 3. The van der Waals surface area contributed by atoms with Crippen molar-refractivity contribution in [3.8, 4) is 0 Å². The first-order valence-corrected chi connectivity index (χ1v) is 9.05. The molecule has 0 saturated carbocycles. The Morgan fingerprint density at radius 1 is 1.28 bits per heavy atom. The summed E-state index contributed by atoms with van der Waals surface area (Å²) in [5, 5.41) is 12.5. The number of carboxylic acids is 1. The van der Waals surface area contributed by atoms with Gasteiger partial charge in [0.15, 0.2) is 0 Å². The van der Waals surface area contributed by atoms with Gasteiger partial charge in [-0.15, -0.1) is 0 Å². The third-order valence-corrected chi connectivity index (χ3v) is 4.57. The first kappa shape index (κ1) is 21.2. The molecule has 4 N–H and O–H groups in total. The minimum absolute atomic E-state index is 0.236. The van der Waals surface area contributed by atoms with E-state index < -0.39 is 24.0 Å². The summed E-state index contributed by atoms with van der Waals surface area (Å²) in [6, 6.07) is -1.54. The molecule has 1 heterocycles. The number of amides is 1. The maximum Gasteiger partial charge on any atom is 0.321 e. The van der Waals surface area contributed by atoms with Crippen molar-refractivity contribution in [3.63, 3.8) is 0 Å². The molecule has 0 radical (unpaired) electrons. The van der Waals surface area contributed by atoms with Crippen LogP contribution in [-0.4, -0.2) is 38.6 Å². The second-order valence-corrected chi connectivity index (χ2v) is 7.07. The van der Waals surface area contributed by atoms with Gasteiger partial charge in [-0.3, -0.25) is 14.9 Å². The summed E-state index contributed by atoms with van der Waals surface area (Å²) in [5.74, 6) is -0.751. The average Bonchev–Trinajstić information content (AvgIpc) is 2.97. The first-order valence-electron chi connectivity index (χ1n) is 9.05. The van der Waals surface area contributed by atoms with Crippen molar-refractivity contribution in [1.29, 1.82) is 0 Å². The first-order chi connectivity index (χ1) is 11.8. The molecule has 1 rings (SSSR count). The van der Waals surface area contributed by atoms with E-state index in [-0.39, 0.29) is 12.3 Å². The molecule has 0 aromatic carbocycles. The fraction of sp³-hybridized carbons (Fsp3) is 0.722. The monoisotopic (exact) mass is 352 g/mol. The van der Waals surface area contributed by atoms with Crippen LogP contribution in [0.2, 0.25) is 0 Å². The third-order valence-electron chi connectivity index (χ3n) is 4.57. The van der Waals surface area contributed by atoms with Crippen molar-refractivity contribution in [1.82, 2.24) is 14.9 Å². The number of carbonyl (C=O) groups excluding carboxylic acids is 1. The zero-order valence-electron chi connectivity index (χ0n) is 15.7. The fourth-order valence-electron chi connectivity index (χ4n) is 2.91. The lowest BCUT2D eigenvalue weighted by atomic mass is 10.0. The molecule has 7 nitrogen and oxygen atoms in total. The highest BCUT2D eigenvalue weighted by atomic mass is 16.4. The Morgan fingerprint density at radius 2 is 1.92 bits per heavy atom. The number of nitrogens with zero attached hydrogens (tertiary/aromatic N) is 2. The number of nitrogens with two attached hydrogens (primary N) is 1. The minimum atomic E-state index is -0.995. The average molecular weight is 352 g/mol. The Balaban J connectivity index is 2.87. The van der Waals surface area contributed by atoms with Gasteiger partial charge in [-0.05, 0) is 18.3 Å². The van der Waals surface area contributed by atoms with Crippen LogP contribution in [0.3, 0.4) is 0 Å². The molecule has 25 heavy (non-hydrogen) atoms. The topological polar surface area (TPSA) is 110 Å². The predicted molar refractivity (Wildman–Crippen MR) is 97.0 cm³/mol. The number of rotatable bonds is 12. The van der Waals surface area contributed by atoms with Gasteiger partial charge in [0.2, 0.25) is 5.91 Å². The van der Waals surface area contributed by atoms with Crippen LogP contribution in [0, 0.1) is 11.8 Å². The second-order valence-electron chi connectivity index (χ2n) is 7.07. The Kier molecular flexibility index (Phi) is 8.61. The van der Waals surface area contributed by atoms with Gasteiger partial charge in [0.05, 0.1) is 12.4 Å². The van der Waals surface area contributed by atoms with Gasteiger partial charge < -0.3 is 15.4 Å². The van der Waals surface area contributed by atoms with E-state index in [4.69, 9.17) is 5.73 Å². The van der Waals surface area contributed by atoms with Crippen molar-refractivity contribution in [2.24, 2.45) is 17.6 Å². The molecule has 0 spiro atoms. The quantitative estimate of drug-likeness (QED) is 0.531. The van der Waals surface area contributed by atoms with Crippen LogP contribution in [0.4, 0.5) is 0 Å². The zero-order chi connectivity index (χ0) is 19.0. The van der Waals surface area contributed by atoms with Crippen LogP contribution >= 0.6 is 0 Å². The number of nitrogens with one attached hydrogen (secondary N) is 1. The highest BCUT2D eigenvalue weighted by Gasteiger charge is 2.26. The lowest BCUT2D eigenvalue weighted by Crippen LogP contribution is -2.51. The SMILES string of the molecule is CCC(CC)Cn1cncc1C[C@H](NC(CC(C)C)C(N)=O)C(=O)O. The van der Waals surface area contributed by atoms with Crippen molar-refractivity contribution in [2.45, 2.75) is 72.0 Å². The maximum atomic E-state index is 11.7. The van der Waals surface area contributed by atoms with Gasteiger partial charge in [-0.1, -0.05) is 40.5 Å². The summed E-state index contributed by atoms with van der Waals surface area (Å²) in [7, 11) is 0. The standard InChI is InChI=1S/C18H32N4O3/c1-5-13(6-2)10-22-11-20-9-14(22)8-16(18(24)25)21-15(17(19)23)7-12(3)4/h9,11-13,15-16,21H,5-8,10H2,1-4H3,(H2,19,23)(H,24,25)/t15?,16-/m0/s1. The highest BCUT2D eigenvalue weighted by Crippen LogP contribution is 2.14. The summed E-state index contributed by atoms with van der Waals surface area (Å²) in [4.78, 5) is 27.5. The Bertz CT molecular complexity index is 552. The van der Waals surface area contributed by atoms with Gasteiger partial charge in [-0.25, -0.2) is 4.98 Å². The summed E-state index contributed by atoms with van der Waals surface area (Å²) in [5.41, 5.74) is 6.27. The molecular formula is C18H32N4O3. The van der Waals surface area contributed by atoms with Crippen LogP contribution in [-0.2, 0) is 22.6 Å². The van der Waals surface area contributed by atoms with Crippen molar-refractivity contribution in [3.05, 3.63) is 18.2 Å². The summed E-state index contributed by atoms with van der Waals surface area (Å²) in [6.07, 6.45) is 6.33. The number of carbonyl (C=O) groups is 2. The largest absolute Gasteiger partial charge is 0.480 e. The molecule has 2 atom stereocenters. The number of hydrogen-bond acceptors (Lipinski definition) is 4. The Morgan fingerprint density at radius 3 is 2.40 bits per heavy atom. The van der Waals surface area contributed by atoms with Crippen LogP contribution in [0.15, 0.2) is 12.5 Å². The van der Waals surface area contributed by atoms with Crippen LogP contribution in [0.1, 0.15) is 52.7 Å². The maximum absolute atomic E-state index is 11.7. The summed E-state index contributed by atoms with van der Waals surface area (Å²) in [6.45, 7) is 9.06. The molecule has 0 saturated heterocycles. The van der Waals surface area contributed by atoms with Crippen LogP contribution in [0.25, 0.3) is 0 Å². The summed E-state index contributed by atoms with van der Waals surface area (Å²) < 4.78 is 2.01. The molecule has 142 valence electrons. The molecular weight excluding hydrogens is 320 g/mol. The smallest absolute Gasteiger partial charge is 0.321 e. The lowest BCUT2D eigenvalue weighted by Gasteiger charge is -2.23. The van der Waals surface area contributed by atoms with Gasteiger partial charge >= 0.3 is 5.97 Å². The third kappa shape index (κ3) is 6.86. The van der Waals surface area contributed by atoms with Crippen LogP contribution in [0.5, 0.6) is 0 Å². The molecule has 0 bridgehead atoms.